The van der Waals surface area contributed by atoms with Crippen molar-refractivity contribution in [1.82, 2.24) is 10.3 Å². The Morgan fingerprint density at radius 3 is 2.71 bits per heavy atom. The molecule has 0 radical (unpaired) electrons. The van der Waals surface area contributed by atoms with Crippen LogP contribution in [0.2, 0.25) is 0 Å². The number of anilines is 1. The third-order valence-corrected chi connectivity index (χ3v) is 4.79. The first-order chi connectivity index (χ1) is 13.5. The largest absolute Gasteiger partial charge is 0.486 e. The van der Waals surface area contributed by atoms with Crippen molar-refractivity contribution in [1.29, 1.82) is 5.26 Å². The molecule has 1 aromatic heterocycles. The number of thioether (sulfide) groups is 1. The summed E-state index contributed by atoms with van der Waals surface area (Å²) in [4.78, 5) is 28.4. The van der Waals surface area contributed by atoms with Crippen LogP contribution in [0.5, 0.6) is 11.5 Å². The molecule has 2 N–H and O–H groups in total. The fraction of sp³-hybridized carbons (Fsp3) is 0.263. The number of hydrogen-bond acceptors (Lipinski definition) is 7. The van der Waals surface area contributed by atoms with Crippen molar-refractivity contribution in [3.63, 3.8) is 0 Å². The van der Waals surface area contributed by atoms with Gasteiger partial charge in [-0.25, -0.2) is 9.78 Å². The van der Waals surface area contributed by atoms with E-state index in [9.17, 15) is 14.9 Å². The molecule has 0 unspecified atom stereocenters. The maximum absolute atomic E-state index is 12.1. The maximum atomic E-state index is 12.1. The number of nitriles is 1. The van der Waals surface area contributed by atoms with Crippen molar-refractivity contribution in [2.75, 3.05) is 24.3 Å². The molecule has 28 heavy (non-hydrogen) atoms. The van der Waals surface area contributed by atoms with Gasteiger partial charge in [0.1, 0.15) is 24.3 Å². The number of urea groups is 1. The van der Waals surface area contributed by atoms with E-state index >= 15 is 0 Å². The van der Waals surface area contributed by atoms with Crippen LogP contribution in [0.15, 0.2) is 29.3 Å². The summed E-state index contributed by atoms with van der Waals surface area (Å²) in [6.07, 6.45) is 0. The lowest BCUT2D eigenvalue weighted by molar-refractivity contribution is -0.117. The van der Waals surface area contributed by atoms with Crippen LogP contribution in [0.4, 0.5) is 10.5 Å². The van der Waals surface area contributed by atoms with Crippen LogP contribution in [0, 0.1) is 25.2 Å². The zero-order valence-electron chi connectivity index (χ0n) is 15.4. The molecule has 0 spiro atoms. The first kappa shape index (κ1) is 19.5. The highest BCUT2D eigenvalue weighted by Gasteiger charge is 2.15. The summed E-state index contributed by atoms with van der Waals surface area (Å²) in [5.41, 5.74) is 2.47. The molecule has 2 heterocycles. The molecule has 0 bridgehead atoms. The van der Waals surface area contributed by atoms with Crippen molar-refractivity contribution < 1.29 is 19.1 Å². The Balaban J connectivity index is 1.55. The number of ether oxygens (including phenoxy) is 2. The van der Waals surface area contributed by atoms with E-state index in [4.69, 9.17) is 9.47 Å². The van der Waals surface area contributed by atoms with E-state index in [-0.39, 0.29) is 5.75 Å². The van der Waals surface area contributed by atoms with Crippen molar-refractivity contribution in [2.45, 2.75) is 18.9 Å². The third kappa shape index (κ3) is 4.72. The molecule has 144 valence electrons. The van der Waals surface area contributed by atoms with Gasteiger partial charge >= 0.3 is 6.03 Å². The molecule has 0 atom stereocenters. The average molecular weight is 398 g/mol. The van der Waals surface area contributed by atoms with Crippen LogP contribution in [0.3, 0.4) is 0 Å². The fourth-order valence-electron chi connectivity index (χ4n) is 2.62. The number of nitrogens with zero attached hydrogens (tertiary/aromatic N) is 2. The summed E-state index contributed by atoms with van der Waals surface area (Å²) >= 11 is 1.11. The molecule has 9 heteroatoms. The topological polar surface area (TPSA) is 113 Å². The molecule has 8 nitrogen and oxygen atoms in total. The van der Waals surface area contributed by atoms with Gasteiger partial charge in [0.2, 0.25) is 5.91 Å². The van der Waals surface area contributed by atoms with Gasteiger partial charge < -0.3 is 14.8 Å². The van der Waals surface area contributed by atoms with E-state index in [0.29, 0.717) is 41.0 Å². The highest BCUT2D eigenvalue weighted by molar-refractivity contribution is 8.00. The normalized spacial score (nSPS) is 12.0. The van der Waals surface area contributed by atoms with Gasteiger partial charge in [0, 0.05) is 17.4 Å². The van der Waals surface area contributed by atoms with Crippen molar-refractivity contribution in [3.05, 3.63) is 41.1 Å². The molecule has 0 fully saturated rings. The predicted octanol–water partition coefficient (Wildman–Crippen LogP) is 2.78. The van der Waals surface area contributed by atoms with E-state index in [1.54, 1.807) is 18.2 Å². The van der Waals surface area contributed by atoms with E-state index in [0.717, 1.165) is 23.0 Å². The predicted molar refractivity (Wildman–Crippen MR) is 104 cm³/mol. The first-order valence-electron chi connectivity index (χ1n) is 8.48. The Bertz CT molecular complexity index is 971. The average Bonchev–Trinajstić information content (AvgIpc) is 2.65. The Morgan fingerprint density at radius 1 is 1.21 bits per heavy atom. The Hall–Kier alpha value is -3.25. The Kier molecular flexibility index (Phi) is 6.01. The number of fused-ring (bicyclic) bond motifs is 1. The van der Waals surface area contributed by atoms with Gasteiger partial charge in [-0.1, -0.05) is 11.8 Å². The van der Waals surface area contributed by atoms with Crippen LogP contribution >= 0.6 is 11.8 Å². The second-order valence-electron chi connectivity index (χ2n) is 6.02. The molecule has 0 saturated carbocycles. The van der Waals surface area contributed by atoms with E-state index in [2.05, 4.69) is 21.7 Å². The van der Waals surface area contributed by atoms with Crippen LogP contribution in [-0.4, -0.2) is 35.9 Å². The number of amides is 3. The lowest BCUT2D eigenvalue weighted by atomic mass is 10.1. The number of aryl methyl sites for hydroxylation is 2. The number of carbonyl (C=O) groups is 2. The molecule has 0 saturated heterocycles. The summed E-state index contributed by atoms with van der Waals surface area (Å²) in [5, 5.41) is 14.6. The van der Waals surface area contributed by atoms with Gasteiger partial charge in [-0.05, 0) is 37.6 Å². The number of rotatable bonds is 4. The van der Waals surface area contributed by atoms with Gasteiger partial charge in [0.25, 0.3) is 0 Å². The maximum Gasteiger partial charge on any atom is 0.325 e. The monoisotopic (exact) mass is 398 g/mol. The Morgan fingerprint density at radius 2 is 1.96 bits per heavy atom. The van der Waals surface area contributed by atoms with E-state index in [1.807, 2.05) is 19.9 Å². The van der Waals surface area contributed by atoms with Crippen LogP contribution in [-0.2, 0) is 4.79 Å². The lowest BCUT2D eigenvalue weighted by Crippen LogP contribution is -2.35. The van der Waals surface area contributed by atoms with Crippen molar-refractivity contribution >= 4 is 29.4 Å². The number of aromatic nitrogens is 1. The highest BCUT2D eigenvalue weighted by atomic mass is 32.2. The molecule has 2 aromatic rings. The molecule has 3 rings (SSSR count). The fourth-order valence-corrected chi connectivity index (χ4v) is 3.52. The molecular weight excluding hydrogens is 380 g/mol. The molecule has 3 amide bonds. The first-order valence-corrected chi connectivity index (χ1v) is 9.46. The summed E-state index contributed by atoms with van der Waals surface area (Å²) in [6, 6.07) is 8.23. The quantitative estimate of drug-likeness (QED) is 0.761. The SMILES string of the molecule is Cc1cc(C)c(C#N)c(SCC(=O)NC(=O)Nc2ccc3c(c2)OCCO3)n1. The molecular formula is C19H18N4O4S. The molecule has 1 aromatic carbocycles. The minimum Gasteiger partial charge on any atom is -0.486 e. The Labute approximate surface area is 166 Å². The van der Waals surface area contributed by atoms with Crippen LogP contribution in [0.1, 0.15) is 16.8 Å². The van der Waals surface area contributed by atoms with Crippen molar-refractivity contribution in [2.24, 2.45) is 0 Å². The van der Waals surface area contributed by atoms with Crippen LogP contribution < -0.4 is 20.1 Å². The number of benzene rings is 1. The highest BCUT2D eigenvalue weighted by Crippen LogP contribution is 2.32. The molecule has 1 aliphatic heterocycles. The van der Waals surface area contributed by atoms with Gasteiger partial charge in [-0.2, -0.15) is 5.26 Å². The zero-order chi connectivity index (χ0) is 20.1. The minimum atomic E-state index is -0.656. The smallest absolute Gasteiger partial charge is 0.325 e. The summed E-state index contributed by atoms with van der Waals surface area (Å²) in [5.74, 6) is 0.610. The number of pyridine rings is 1. The van der Waals surface area contributed by atoms with Gasteiger partial charge in [0.05, 0.1) is 11.3 Å². The second-order valence-corrected chi connectivity index (χ2v) is 6.99. The number of nitrogens with one attached hydrogen (secondary N) is 2. The minimum absolute atomic E-state index is 0.0425. The number of hydrogen-bond donors (Lipinski definition) is 2. The van der Waals surface area contributed by atoms with Gasteiger partial charge in [-0.15, -0.1) is 0 Å². The number of carbonyl (C=O) groups excluding carboxylic acids is 2. The van der Waals surface area contributed by atoms with Gasteiger partial charge in [0.15, 0.2) is 11.5 Å². The summed E-state index contributed by atoms with van der Waals surface area (Å²) in [7, 11) is 0. The van der Waals surface area contributed by atoms with Gasteiger partial charge in [-0.3, -0.25) is 10.1 Å². The molecule has 0 aliphatic carbocycles. The summed E-state index contributed by atoms with van der Waals surface area (Å²) in [6.45, 7) is 4.56. The van der Waals surface area contributed by atoms with Crippen molar-refractivity contribution in [3.8, 4) is 17.6 Å². The third-order valence-electron chi connectivity index (χ3n) is 3.82. The zero-order valence-corrected chi connectivity index (χ0v) is 16.2. The standard InChI is InChI=1S/C19H18N4O4S/c1-11-7-12(2)21-18(14(11)9-20)28-10-17(24)23-19(25)22-13-3-4-15-16(8-13)27-6-5-26-15/h3-4,7-8H,5-6,10H2,1-2H3,(H2,22,23,24,25). The van der Waals surface area contributed by atoms with Crippen LogP contribution in [0.25, 0.3) is 0 Å². The van der Waals surface area contributed by atoms with E-state index < -0.39 is 11.9 Å². The molecule has 1 aliphatic rings. The van der Waals surface area contributed by atoms with E-state index in [1.165, 1.54) is 0 Å². The summed E-state index contributed by atoms with van der Waals surface area (Å²) < 4.78 is 10.9. The lowest BCUT2D eigenvalue weighted by Gasteiger charge is -2.19. The number of imide groups is 1. The second kappa shape index (κ2) is 8.63.